The molecule has 1 aliphatic carbocycles. The Morgan fingerprint density at radius 3 is 2.62 bits per heavy atom. The van der Waals surface area contributed by atoms with E-state index in [0.29, 0.717) is 5.41 Å². The number of hydrogen-bond acceptors (Lipinski definition) is 4. The first kappa shape index (κ1) is 15.7. The molecule has 0 amide bonds. The lowest BCUT2D eigenvalue weighted by Gasteiger charge is -2.44. The predicted molar refractivity (Wildman–Crippen MR) is 86.7 cm³/mol. The quantitative estimate of drug-likeness (QED) is 0.805. The molecule has 122 valence electrons. The van der Waals surface area contributed by atoms with Gasteiger partial charge in [-0.05, 0) is 64.6 Å². The van der Waals surface area contributed by atoms with Crippen molar-refractivity contribution in [3.63, 3.8) is 0 Å². The number of likely N-dealkylation sites (N-methyl/N-ethyl adjacent to an activating group) is 1. The number of ether oxygens (including phenoxy) is 1. The molecule has 2 aliphatic heterocycles. The van der Waals surface area contributed by atoms with Crippen LogP contribution in [0.1, 0.15) is 38.5 Å². The maximum atomic E-state index is 5.64. The summed E-state index contributed by atoms with van der Waals surface area (Å²) >= 11 is 0. The average Bonchev–Trinajstić information content (AvgIpc) is 3.31. The first-order valence-corrected chi connectivity index (χ1v) is 8.87. The summed E-state index contributed by atoms with van der Waals surface area (Å²) in [6, 6.07) is 1.56. The minimum absolute atomic E-state index is 0.453. The standard InChI is InChI=1S/C17H33N3O/c1-19(2)16-4-3-9-20(12-16)14-17(7-10-21-11-8-17)13-18-15-5-6-15/h15-16,18H,3-14H2,1-2H3. The molecule has 2 saturated heterocycles. The Bertz CT molecular complexity index is 324. The van der Waals surface area contributed by atoms with Gasteiger partial charge >= 0.3 is 0 Å². The van der Waals surface area contributed by atoms with E-state index < -0.39 is 0 Å². The normalized spacial score (nSPS) is 30.7. The molecule has 1 saturated carbocycles. The fourth-order valence-electron chi connectivity index (χ4n) is 3.91. The van der Waals surface area contributed by atoms with Crippen LogP contribution in [0.15, 0.2) is 0 Å². The number of hydrogen-bond donors (Lipinski definition) is 1. The maximum Gasteiger partial charge on any atom is 0.0472 e. The molecule has 0 aromatic rings. The van der Waals surface area contributed by atoms with E-state index in [1.807, 2.05) is 0 Å². The van der Waals surface area contributed by atoms with Gasteiger partial charge < -0.3 is 19.9 Å². The van der Waals surface area contributed by atoms with Crippen LogP contribution in [-0.2, 0) is 4.74 Å². The third kappa shape index (κ3) is 4.41. The number of likely N-dealkylation sites (tertiary alicyclic amines) is 1. The Morgan fingerprint density at radius 2 is 1.95 bits per heavy atom. The van der Waals surface area contributed by atoms with Gasteiger partial charge in [-0.15, -0.1) is 0 Å². The van der Waals surface area contributed by atoms with Gasteiger partial charge in [0.1, 0.15) is 0 Å². The van der Waals surface area contributed by atoms with E-state index in [1.54, 1.807) is 0 Å². The van der Waals surface area contributed by atoms with Gasteiger partial charge in [0.25, 0.3) is 0 Å². The van der Waals surface area contributed by atoms with Crippen molar-refractivity contribution >= 4 is 0 Å². The molecule has 2 heterocycles. The highest BCUT2D eigenvalue weighted by atomic mass is 16.5. The van der Waals surface area contributed by atoms with Gasteiger partial charge in [0.2, 0.25) is 0 Å². The van der Waals surface area contributed by atoms with E-state index >= 15 is 0 Å². The van der Waals surface area contributed by atoms with E-state index in [1.165, 1.54) is 64.7 Å². The van der Waals surface area contributed by atoms with E-state index in [9.17, 15) is 0 Å². The van der Waals surface area contributed by atoms with Crippen molar-refractivity contribution in [2.45, 2.75) is 50.6 Å². The highest BCUT2D eigenvalue weighted by molar-refractivity contribution is 4.92. The molecule has 3 rings (SSSR count). The van der Waals surface area contributed by atoms with Crippen LogP contribution in [0.5, 0.6) is 0 Å². The molecular weight excluding hydrogens is 262 g/mol. The molecule has 21 heavy (non-hydrogen) atoms. The summed E-state index contributed by atoms with van der Waals surface area (Å²) in [5.74, 6) is 0. The zero-order chi connectivity index (χ0) is 14.7. The molecule has 1 unspecified atom stereocenters. The van der Waals surface area contributed by atoms with Crippen LogP contribution in [0.25, 0.3) is 0 Å². The lowest BCUT2D eigenvalue weighted by atomic mass is 9.79. The summed E-state index contributed by atoms with van der Waals surface area (Å²) in [4.78, 5) is 5.14. The Morgan fingerprint density at radius 1 is 1.19 bits per heavy atom. The third-order valence-corrected chi connectivity index (χ3v) is 5.67. The van der Waals surface area contributed by atoms with Crippen LogP contribution in [-0.4, -0.2) is 75.4 Å². The smallest absolute Gasteiger partial charge is 0.0472 e. The van der Waals surface area contributed by atoms with Gasteiger partial charge in [0, 0.05) is 44.9 Å². The van der Waals surface area contributed by atoms with Crippen LogP contribution in [0, 0.1) is 5.41 Å². The van der Waals surface area contributed by atoms with Crippen molar-refractivity contribution in [1.82, 2.24) is 15.1 Å². The van der Waals surface area contributed by atoms with Crippen molar-refractivity contribution in [2.24, 2.45) is 5.41 Å². The number of piperidine rings is 1. The second kappa shape index (κ2) is 6.95. The van der Waals surface area contributed by atoms with Crippen molar-refractivity contribution in [3.05, 3.63) is 0 Å². The minimum atomic E-state index is 0.453. The Labute approximate surface area is 130 Å². The topological polar surface area (TPSA) is 27.7 Å². The molecule has 0 spiro atoms. The fraction of sp³-hybridized carbons (Fsp3) is 1.00. The molecule has 1 N–H and O–H groups in total. The van der Waals surface area contributed by atoms with Gasteiger partial charge in [0.15, 0.2) is 0 Å². The first-order chi connectivity index (χ1) is 10.2. The van der Waals surface area contributed by atoms with Gasteiger partial charge in [-0.25, -0.2) is 0 Å². The molecule has 0 radical (unpaired) electrons. The molecular formula is C17H33N3O. The summed E-state index contributed by atoms with van der Waals surface area (Å²) in [6.07, 6.45) is 7.95. The van der Waals surface area contributed by atoms with Crippen molar-refractivity contribution < 1.29 is 4.74 Å². The zero-order valence-corrected chi connectivity index (χ0v) is 13.9. The van der Waals surface area contributed by atoms with Crippen molar-refractivity contribution in [3.8, 4) is 0 Å². The Hall–Kier alpha value is -0.160. The Kier molecular flexibility index (Phi) is 5.20. The van der Waals surface area contributed by atoms with E-state index in [2.05, 4.69) is 29.2 Å². The fourth-order valence-corrected chi connectivity index (χ4v) is 3.91. The summed E-state index contributed by atoms with van der Waals surface area (Å²) in [5, 5.41) is 3.80. The average molecular weight is 295 g/mol. The van der Waals surface area contributed by atoms with Crippen molar-refractivity contribution in [1.29, 1.82) is 0 Å². The largest absolute Gasteiger partial charge is 0.381 e. The summed E-state index contributed by atoms with van der Waals surface area (Å²) in [5.41, 5.74) is 0.453. The molecule has 0 aromatic heterocycles. The lowest BCUT2D eigenvalue weighted by Crippen LogP contribution is -2.52. The predicted octanol–water partition coefficient (Wildman–Crippen LogP) is 1.56. The Balaban J connectivity index is 1.57. The van der Waals surface area contributed by atoms with Crippen LogP contribution in [0.4, 0.5) is 0 Å². The molecule has 4 heteroatoms. The second-order valence-corrected chi connectivity index (χ2v) is 7.76. The SMILES string of the molecule is CN(C)C1CCCN(CC2(CNC3CC3)CCOCC2)C1. The summed E-state index contributed by atoms with van der Waals surface area (Å²) in [7, 11) is 4.46. The monoisotopic (exact) mass is 295 g/mol. The van der Waals surface area contributed by atoms with E-state index in [0.717, 1.165) is 25.3 Å². The molecule has 4 nitrogen and oxygen atoms in total. The molecule has 1 atom stereocenters. The second-order valence-electron chi connectivity index (χ2n) is 7.76. The van der Waals surface area contributed by atoms with Crippen LogP contribution in [0.3, 0.4) is 0 Å². The number of rotatable bonds is 6. The van der Waals surface area contributed by atoms with Gasteiger partial charge in [0.05, 0.1) is 0 Å². The van der Waals surface area contributed by atoms with Crippen molar-refractivity contribution in [2.75, 3.05) is 53.5 Å². The number of nitrogens with zero attached hydrogens (tertiary/aromatic N) is 2. The number of nitrogens with one attached hydrogen (secondary N) is 1. The molecule has 3 aliphatic rings. The van der Waals surface area contributed by atoms with E-state index in [-0.39, 0.29) is 0 Å². The summed E-state index contributed by atoms with van der Waals surface area (Å²) < 4.78 is 5.64. The zero-order valence-electron chi connectivity index (χ0n) is 13.9. The van der Waals surface area contributed by atoms with Crippen LogP contribution >= 0.6 is 0 Å². The molecule has 3 fully saturated rings. The van der Waals surface area contributed by atoms with Crippen LogP contribution < -0.4 is 5.32 Å². The van der Waals surface area contributed by atoms with Gasteiger partial charge in [-0.1, -0.05) is 0 Å². The van der Waals surface area contributed by atoms with Crippen LogP contribution in [0.2, 0.25) is 0 Å². The molecule has 0 aromatic carbocycles. The van der Waals surface area contributed by atoms with E-state index in [4.69, 9.17) is 4.74 Å². The van der Waals surface area contributed by atoms with Gasteiger partial charge in [-0.3, -0.25) is 0 Å². The minimum Gasteiger partial charge on any atom is -0.381 e. The van der Waals surface area contributed by atoms with Gasteiger partial charge in [-0.2, -0.15) is 0 Å². The highest BCUT2D eigenvalue weighted by Gasteiger charge is 2.37. The first-order valence-electron chi connectivity index (χ1n) is 8.87. The summed E-state index contributed by atoms with van der Waals surface area (Å²) in [6.45, 7) is 6.91. The highest BCUT2D eigenvalue weighted by Crippen LogP contribution is 2.33. The molecule has 0 bridgehead atoms. The maximum absolute atomic E-state index is 5.64. The lowest BCUT2D eigenvalue weighted by molar-refractivity contribution is -0.0129. The third-order valence-electron chi connectivity index (χ3n) is 5.67.